The number of carbonyl (C=O) groups is 2. The number of aryl methyl sites for hydroxylation is 3. The summed E-state index contributed by atoms with van der Waals surface area (Å²) in [6.07, 6.45) is -0.965. The maximum Gasteiger partial charge on any atom is 0.349 e. The normalized spacial score (nSPS) is 11.8. The highest BCUT2D eigenvalue weighted by molar-refractivity contribution is 7.12. The number of esters is 1. The van der Waals surface area contributed by atoms with Crippen LogP contribution in [0.1, 0.15) is 48.4 Å². The molecule has 1 atom stereocenters. The molecular formula is C22H20O3S. The van der Waals surface area contributed by atoms with Gasteiger partial charge >= 0.3 is 5.97 Å². The zero-order valence-electron chi connectivity index (χ0n) is 15.0. The molecule has 132 valence electrons. The summed E-state index contributed by atoms with van der Waals surface area (Å²) in [6, 6.07) is 16.6. The molecule has 0 amide bonds. The van der Waals surface area contributed by atoms with Gasteiger partial charge in [-0.2, -0.15) is 0 Å². The van der Waals surface area contributed by atoms with Gasteiger partial charge in [0.1, 0.15) is 4.88 Å². The summed E-state index contributed by atoms with van der Waals surface area (Å²) < 4.78 is 5.67. The van der Waals surface area contributed by atoms with E-state index in [4.69, 9.17) is 4.74 Å². The van der Waals surface area contributed by atoms with Gasteiger partial charge in [0.2, 0.25) is 5.78 Å². The van der Waals surface area contributed by atoms with Crippen LogP contribution in [0.2, 0.25) is 0 Å². The van der Waals surface area contributed by atoms with Gasteiger partial charge in [0.05, 0.1) is 0 Å². The molecule has 4 heteroatoms. The Morgan fingerprint density at radius 1 is 0.846 bits per heavy atom. The van der Waals surface area contributed by atoms with Crippen molar-refractivity contribution in [1.82, 2.24) is 0 Å². The topological polar surface area (TPSA) is 43.4 Å². The van der Waals surface area contributed by atoms with Crippen molar-refractivity contribution in [2.75, 3.05) is 0 Å². The van der Waals surface area contributed by atoms with Crippen molar-refractivity contribution < 1.29 is 14.3 Å². The molecular weight excluding hydrogens is 344 g/mol. The van der Waals surface area contributed by atoms with Gasteiger partial charge in [-0.1, -0.05) is 59.7 Å². The molecule has 0 aliphatic carbocycles. The van der Waals surface area contributed by atoms with Gasteiger partial charge in [-0.25, -0.2) is 4.79 Å². The molecule has 26 heavy (non-hydrogen) atoms. The van der Waals surface area contributed by atoms with Gasteiger partial charge in [0.25, 0.3) is 0 Å². The van der Waals surface area contributed by atoms with E-state index in [0.29, 0.717) is 16.0 Å². The van der Waals surface area contributed by atoms with Crippen LogP contribution < -0.4 is 0 Å². The fourth-order valence-corrected chi connectivity index (χ4v) is 3.43. The van der Waals surface area contributed by atoms with Crippen molar-refractivity contribution >= 4 is 23.1 Å². The predicted molar refractivity (Wildman–Crippen MR) is 104 cm³/mol. The Balaban J connectivity index is 1.94. The molecule has 0 saturated heterocycles. The first kappa shape index (κ1) is 18.1. The Bertz CT molecular complexity index is 921. The molecule has 1 heterocycles. The highest BCUT2D eigenvalue weighted by Crippen LogP contribution is 2.26. The zero-order chi connectivity index (χ0) is 18.7. The first-order chi connectivity index (χ1) is 12.5. The van der Waals surface area contributed by atoms with Crippen LogP contribution in [0.25, 0.3) is 0 Å². The summed E-state index contributed by atoms with van der Waals surface area (Å²) in [4.78, 5) is 26.2. The molecule has 0 bridgehead atoms. The summed E-state index contributed by atoms with van der Waals surface area (Å²) in [7, 11) is 0. The summed E-state index contributed by atoms with van der Waals surface area (Å²) in [6.45, 7) is 5.79. The van der Waals surface area contributed by atoms with E-state index in [9.17, 15) is 9.59 Å². The molecule has 0 spiro atoms. The third-order valence-corrected chi connectivity index (χ3v) is 5.22. The highest BCUT2D eigenvalue weighted by Gasteiger charge is 2.27. The lowest BCUT2D eigenvalue weighted by Gasteiger charge is -2.18. The second kappa shape index (κ2) is 7.67. The van der Waals surface area contributed by atoms with Gasteiger partial charge in [0, 0.05) is 11.1 Å². The number of rotatable bonds is 5. The average Bonchev–Trinajstić information content (AvgIpc) is 3.06. The van der Waals surface area contributed by atoms with Crippen molar-refractivity contribution in [2.45, 2.75) is 26.9 Å². The monoisotopic (exact) mass is 364 g/mol. The van der Waals surface area contributed by atoms with Gasteiger partial charge in [-0.05, 0) is 37.8 Å². The summed E-state index contributed by atoms with van der Waals surface area (Å²) >= 11 is 1.32. The van der Waals surface area contributed by atoms with Crippen molar-refractivity contribution in [1.29, 1.82) is 0 Å². The molecule has 0 aliphatic heterocycles. The molecule has 0 radical (unpaired) electrons. The van der Waals surface area contributed by atoms with Crippen LogP contribution in [-0.4, -0.2) is 11.8 Å². The minimum atomic E-state index is -0.965. The van der Waals surface area contributed by atoms with Crippen molar-refractivity contribution in [3.05, 3.63) is 92.7 Å². The maximum atomic E-state index is 13.1. The largest absolute Gasteiger partial charge is 0.445 e. The van der Waals surface area contributed by atoms with Crippen LogP contribution in [-0.2, 0) is 4.74 Å². The Morgan fingerprint density at radius 2 is 1.42 bits per heavy atom. The maximum absolute atomic E-state index is 13.1. The van der Waals surface area contributed by atoms with E-state index in [1.807, 2.05) is 68.6 Å². The minimum Gasteiger partial charge on any atom is -0.445 e. The van der Waals surface area contributed by atoms with Gasteiger partial charge < -0.3 is 4.74 Å². The molecule has 2 aromatic carbocycles. The third kappa shape index (κ3) is 3.92. The SMILES string of the molecule is Cc1ccc(C(=O)[C@H](OC(=O)c2sccc2C)c2ccc(C)cc2)cc1. The first-order valence-corrected chi connectivity index (χ1v) is 9.26. The van der Waals surface area contributed by atoms with Crippen LogP contribution in [0.4, 0.5) is 0 Å². The zero-order valence-corrected chi connectivity index (χ0v) is 15.8. The van der Waals surface area contributed by atoms with E-state index < -0.39 is 12.1 Å². The fourth-order valence-electron chi connectivity index (χ4n) is 2.63. The fraction of sp³-hybridized carbons (Fsp3) is 0.182. The Kier molecular flexibility index (Phi) is 5.33. The number of carbonyl (C=O) groups excluding carboxylic acids is 2. The minimum absolute atomic E-state index is 0.226. The molecule has 0 unspecified atom stereocenters. The van der Waals surface area contributed by atoms with E-state index in [0.717, 1.165) is 16.7 Å². The van der Waals surface area contributed by atoms with E-state index in [1.165, 1.54) is 11.3 Å². The van der Waals surface area contributed by atoms with Crippen LogP contribution in [0.3, 0.4) is 0 Å². The van der Waals surface area contributed by atoms with Gasteiger partial charge in [-0.15, -0.1) is 11.3 Å². The number of benzene rings is 2. The lowest BCUT2D eigenvalue weighted by molar-refractivity contribution is 0.0284. The number of hydrogen-bond acceptors (Lipinski definition) is 4. The molecule has 3 rings (SSSR count). The molecule has 0 saturated carbocycles. The Hall–Kier alpha value is -2.72. The van der Waals surface area contributed by atoms with E-state index in [-0.39, 0.29) is 5.78 Å². The predicted octanol–water partition coefficient (Wildman–Crippen LogP) is 5.45. The lowest BCUT2D eigenvalue weighted by atomic mass is 9.98. The summed E-state index contributed by atoms with van der Waals surface area (Å²) in [5.74, 6) is -0.694. The van der Waals surface area contributed by atoms with Crippen LogP contribution in [0, 0.1) is 20.8 Å². The molecule has 0 fully saturated rings. The van der Waals surface area contributed by atoms with Crippen LogP contribution in [0.15, 0.2) is 60.0 Å². The van der Waals surface area contributed by atoms with E-state index in [1.54, 1.807) is 12.1 Å². The molecule has 0 aliphatic rings. The van der Waals surface area contributed by atoms with Crippen molar-refractivity contribution in [2.24, 2.45) is 0 Å². The quantitative estimate of drug-likeness (QED) is 0.446. The van der Waals surface area contributed by atoms with E-state index >= 15 is 0 Å². The average molecular weight is 364 g/mol. The Morgan fingerprint density at radius 3 is 1.96 bits per heavy atom. The lowest BCUT2D eigenvalue weighted by Crippen LogP contribution is -2.20. The van der Waals surface area contributed by atoms with E-state index in [2.05, 4.69) is 0 Å². The number of thiophene rings is 1. The molecule has 1 aromatic heterocycles. The number of ether oxygens (including phenoxy) is 1. The van der Waals surface area contributed by atoms with Crippen molar-refractivity contribution in [3.63, 3.8) is 0 Å². The second-order valence-electron chi connectivity index (χ2n) is 6.36. The number of Topliss-reactive ketones (excluding diaryl/α,β-unsaturated/α-hetero) is 1. The number of hydrogen-bond donors (Lipinski definition) is 0. The van der Waals surface area contributed by atoms with Crippen LogP contribution >= 0.6 is 11.3 Å². The number of ketones is 1. The molecule has 0 N–H and O–H groups in total. The van der Waals surface area contributed by atoms with Crippen LogP contribution in [0.5, 0.6) is 0 Å². The molecule has 3 aromatic rings. The second-order valence-corrected chi connectivity index (χ2v) is 7.28. The summed E-state index contributed by atoms with van der Waals surface area (Å²) in [5, 5.41) is 1.84. The summed E-state index contributed by atoms with van der Waals surface area (Å²) in [5.41, 5.74) is 4.20. The smallest absolute Gasteiger partial charge is 0.349 e. The first-order valence-electron chi connectivity index (χ1n) is 8.38. The highest BCUT2D eigenvalue weighted by atomic mass is 32.1. The van der Waals surface area contributed by atoms with Gasteiger partial charge in [-0.3, -0.25) is 4.79 Å². The Labute approximate surface area is 157 Å². The van der Waals surface area contributed by atoms with Crippen molar-refractivity contribution in [3.8, 4) is 0 Å². The van der Waals surface area contributed by atoms with Gasteiger partial charge in [0.15, 0.2) is 6.10 Å². The third-order valence-electron chi connectivity index (χ3n) is 4.23. The standard InChI is InChI=1S/C22H20O3S/c1-14-4-8-17(9-5-14)19(23)20(18-10-6-15(2)7-11-18)25-22(24)21-16(3)12-13-26-21/h4-13,20H,1-3H3/t20-/m1/s1. The molecule has 3 nitrogen and oxygen atoms in total.